The molecule has 1 heterocycles. The van der Waals surface area contributed by atoms with Crippen molar-refractivity contribution in [2.75, 3.05) is 18.6 Å². The van der Waals surface area contributed by atoms with Crippen molar-refractivity contribution in [2.45, 2.75) is 32.2 Å². The average Bonchev–Trinajstić information content (AvgIpc) is 3.12. The highest BCUT2D eigenvalue weighted by atomic mass is 35.5. The van der Waals surface area contributed by atoms with Gasteiger partial charge in [-0.15, -0.1) is 0 Å². The summed E-state index contributed by atoms with van der Waals surface area (Å²) in [6, 6.07) is 12.6. The third kappa shape index (κ3) is 5.43. The van der Waals surface area contributed by atoms with Crippen molar-refractivity contribution in [2.24, 2.45) is 5.10 Å². The molecule has 0 fully saturated rings. The van der Waals surface area contributed by atoms with E-state index in [1.54, 1.807) is 22.2 Å². The van der Waals surface area contributed by atoms with E-state index >= 15 is 0 Å². The van der Waals surface area contributed by atoms with Gasteiger partial charge in [-0.3, -0.25) is 15.2 Å². The van der Waals surface area contributed by atoms with E-state index in [-0.39, 0.29) is 11.9 Å². The standard InChI is InChI=1S/C21H23Cl3N4O/c1-3-4-11-27(2)26-21(29)18-13-20(14-5-7-15(22)8-6-14)28(25-18)19-10-9-16(23)12-17(19)24/h5-10,12,20H,3-4,11,13H2,1-2H3,(H,26,29). The van der Waals surface area contributed by atoms with E-state index in [1.165, 1.54) is 0 Å². The van der Waals surface area contributed by atoms with Crippen molar-refractivity contribution >= 4 is 52.1 Å². The van der Waals surface area contributed by atoms with E-state index < -0.39 is 0 Å². The Hall–Kier alpha value is -1.79. The number of rotatable bonds is 7. The minimum Gasteiger partial charge on any atom is -0.284 e. The van der Waals surface area contributed by atoms with Gasteiger partial charge in [0.15, 0.2) is 0 Å². The summed E-state index contributed by atoms with van der Waals surface area (Å²) in [5.74, 6) is -0.213. The smallest absolute Gasteiger partial charge is 0.281 e. The number of carbonyl (C=O) groups is 1. The highest BCUT2D eigenvalue weighted by Crippen LogP contribution is 2.39. The SMILES string of the molecule is CCCCN(C)NC(=O)C1=NN(c2ccc(Cl)cc2Cl)C(c2ccc(Cl)cc2)C1. The average molecular weight is 454 g/mol. The predicted octanol–water partition coefficient (Wildman–Crippen LogP) is 5.72. The summed E-state index contributed by atoms with van der Waals surface area (Å²) in [5, 5.41) is 9.86. The minimum atomic E-state index is -0.213. The van der Waals surface area contributed by atoms with Crippen LogP contribution in [0.2, 0.25) is 15.1 Å². The number of hydrazone groups is 1. The quantitative estimate of drug-likeness (QED) is 0.546. The second-order valence-corrected chi connectivity index (χ2v) is 8.25. The number of amides is 1. The van der Waals surface area contributed by atoms with Gasteiger partial charge < -0.3 is 0 Å². The van der Waals surface area contributed by atoms with Crippen LogP contribution in [-0.2, 0) is 4.79 Å². The summed E-state index contributed by atoms with van der Waals surface area (Å²) in [6.07, 6.45) is 2.51. The van der Waals surface area contributed by atoms with Crippen molar-refractivity contribution in [1.29, 1.82) is 0 Å². The van der Waals surface area contributed by atoms with Gasteiger partial charge in [-0.2, -0.15) is 5.10 Å². The van der Waals surface area contributed by atoms with Gasteiger partial charge in [0.2, 0.25) is 0 Å². The molecule has 154 valence electrons. The maximum atomic E-state index is 12.8. The molecule has 2 aromatic rings. The summed E-state index contributed by atoms with van der Waals surface area (Å²) < 4.78 is 0. The number of anilines is 1. The number of nitrogens with one attached hydrogen (secondary N) is 1. The van der Waals surface area contributed by atoms with Gasteiger partial charge in [0.05, 0.1) is 16.8 Å². The highest BCUT2D eigenvalue weighted by molar-refractivity contribution is 6.40. The van der Waals surface area contributed by atoms with Crippen molar-refractivity contribution in [3.05, 3.63) is 63.1 Å². The van der Waals surface area contributed by atoms with Gasteiger partial charge in [-0.25, -0.2) is 5.01 Å². The monoisotopic (exact) mass is 452 g/mol. The van der Waals surface area contributed by atoms with E-state index in [0.29, 0.717) is 32.9 Å². The molecule has 1 N–H and O–H groups in total. The molecule has 0 saturated heterocycles. The van der Waals surface area contributed by atoms with Crippen LogP contribution in [0.3, 0.4) is 0 Å². The molecule has 1 atom stereocenters. The lowest BCUT2D eigenvalue weighted by Gasteiger charge is -2.25. The number of nitrogens with zero attached hydrogens (tertiary/aromatic N) is 3. The molecule has 1 aliphatic rings. The van der Waals surface area contributed by atoms with E-state index in [1.807, 2.05) is 37.4 Å². The van der Waals surface area contributed by atoms with Crippen molar-refractivity contribution in [1.82, 2.24) is 10.4 Å². The van der Waals surface area contributed by atoms with E-state index in [9.17, 15) is 4.79 Å². The number of benzene rings is 2. The number of carbonyl (C=O) groups excluding carboxylic acids is 1. The third-order valence-electron chi connectivity index (χ3n) is 4.72. The Morgan fingerprint density at radius 2 is 1.86 bits per heavy atom. The zero-order valence-corrected chi connectivity index (χ0v) is 18.6. The Bertz CT molecular complexity index is 901. The largest absolute Gasteiger partial charge is 0.284 e. The normalized spacial score (nSPS) is 16.3. The fraction of sp³-hybridized carbons (Fsp3) is 0.333. The minimum absolute atomic E-state index is 0.173. The molecule has 0 aliphatic carbocycles. The molecule has 0 saturated carbocycles. The van der Waals surface area contributed by atoms with Crippen LogP contribution in [-0.4, -0.2) is 30.2 Å². The van der Waals surface area contributed by atoms with Crippen molar-refractivity contribution < 1.29 is 4.79 Å². The first-order valence-corrected chi connectivity index (χ1v) is 10.6. The number of hydrogen-bond donors (Lipinski definition) is 1. The molecule has 0 radical (unpaired) electrons. The van der Waals surface area contributed by atoms with Gasteiger partial charge in [0, 0.05) is 30.1 Å². The Labute approximate surface area is 186 Å². The van der Waals surface area contributed by atoms with Crippen LogP contribution < -0.4 is 10.4 Å². The second-order valence-electron chi connectivity index (χ2n) is 6.97. The summed E-state index contributed by atoms with van der Waals surface area (Å²) in [6.45, 7) is 2.89. The predicted molar refractivity (Wildman–Crippen MR) is 121 cm³/mol. The zero-order valence-electron chi connectivity index (χ0n) is 16.3. The molecule has 1 unspecified atom stereocenters. The van der Waals surface area contributed by atoms with Crippen LogP contribution in [0.15, 0.2) is 47.6 Å². The van der Waals surface area contributed by atoms with Crippen molar-refractivity contribution in [3.8, 4) is 0 Å². The second kappa shape index (κ2) is 9.81. The Balaban J connectivity index is 1.89. The topological polar surface area (TPSA) is 47.9 Å². The van der Waals surface area contributed by atoms with E-state index in [4.69, 9.17) is 34.8 Å². The Kier molecular flexibility index (Phi) is 7.41. The molecule has 1 amide bonds. The van der Waals surface area contributed by atoms with Crippen LogP contribution in [0.25, 0.3) is 0 Å². The first-order chi connectivity index (χ1) is 13.9. The van der Waals surface area contributed by atoms with Crippen LogP contribution in [0.1, 0.15) is 37.8 Å². The lowest BCUT2D eigenvalue weighted by atomic mass is 10.0. The first-order valence-electron chi connectivity index (χ1n) is 9.48. The number of hydrogen-bond acceptors (Lipinski definition) is 4. The third-order valence-corrected chi connectivity index (χ3v) is 5.51. The summed E-state index contributed by atoms with van der Waals surface area (Å²) in [5.41, 5.74) is 5.02. The van der Waals surface area contributed by atoms with Crippen LogP contribution in [0, 0.1) is 0 Å². The maximum Gasteiger partial charge on any atom is 0.281 e. The van der Waals surface area contributed by atoms with Gasteiger partial charge >= 0.3 is 0 Å². The molecule has 0 spiro atoms. The molecule has 3 rings (SSSR count). The first kappa shape index (κ1) is 21.9. The lowest BCUT2D eigenvalue weighted by molar-refractivity contribution is -0.118. The summed E-state index contributed by atoms with van der Waals surface area (Å²) in [7, 11) is 1.85. The molecule has 0 bridgehead atoms. The van der Waals surface area contributed by atoms with Gasteiger partial charge in [0.1, 0.15) is 5.71 Å². The van der Waals surface area contributed by atoms with Gasteiger partial charge in [-0.05, 0) is 42.3 Å². The lowest BCUT2D eigenvalue weighted by Crippen LogP contribution is -2.43. The molecule has 0 aromatic heterocycles. The Morgan fingerprint density at radius 1 is 1.17 bits per heavy atom. The molecular formula is C21H23Cl3N4O. The zero-order chi connectivity index (χ0) is 21.0. The molecule has 5 nitrogen and oxygen atoms in total. The summed E-state index contributed by atoms with van der Waals surface area (Å²) in [4.78, 5) is 12.8. The van der Waals surface area contributed by atoms with Crippen LogP contribution in [0.5, 0.6) is 0 Å². The molecule has 29 heavy (non-hydrogen) atoms. The molecule has 1 aliphatic heterocycles. The number of hydrazine groups is 1. The van der Waals surface area contributed by atoms with Gasteiger partial charge in [0.25, 0.3) is 5.91 Å². The molecule has 8 heteroatoms. The fourth-order valence-corrected chi connectivity index (χ4v) is 3.79. The van der Waals surface area contributed by atoms with E-state index in [0.717, 1.165) is 24.9 Å². The maximum absolute atomic E-state index is 12.8. The number of unbranched alkanes of at least 4 members (excludes halogenated alkanes) is 1. The Morgan fingerprint density at radius 3 is 2.52 bits per heavy atom. The summed E-state index contributed by atoms with van der Waals surface area (Å²) >= 11 is 18.5. The fourth-order valence-electron chi connectivity index (χ4n) is 3.17. The van der Waals surface area contributed by atoms with Gasteiger partial charge in [-0.1, -0.05) is 60.3 Å². The molecular weight excluding hydrogens is 431 g/mol. The highest BCUT2D eigenvalue weighted by Gasteiger charge is 2.33. The van der Waals surface area contributed by atoms with Crippen LogP contribution in [0.4, 0.5) is 5.69 Å². The van der Waals surface area contributed by atoms with Crippen LogP contribution >= 0.6 is 34.8 Å². The molecule has 2 aromatic carbocycles. The van der Waals surface area contributed by atoms with Crippen molar-refractivity contribution in [3.63, 3.8) is 0 Å². The number of halogens is 3. The van der Waals surface area contributed by atoms with E-state index in [2.05, 4.69) is 17.5 Å².